The van der Waals surface area contributed by atoms with Gasteiger partial charge in [0.2, 0.25) is 0 Å². The molecule has 0 saturated heterocycles. The molecule has 1 aromatic heterocycles. The average Bonchev–Trinajstić information content (AvgIpc) is 3.06. The third kappa shape index (κ3) is 4.27. The fraction of sp³-hybridized carbons (Fsp3) is 0.0435. The summed E-state index contributed by atoms with van der Waals surface area (Å²) in [6.45, 7) is 0. The highest BCUT2D eigenvalue weighted by atomic mass is 79.9. The topological polar surface area (TPSA) is 34.4 Å². The molecule has 0 aliphatic carbocycles. The summed E-state index contributed by atoms with van der Waals surface area (Å²) in [4.78, 5) is 18.8. The van der Waals surface area contributed by atoms with Crippen LogP contribution in [0.1, 0.15) is 10.4 Å². The van der Waals surface area contributed by atoms with Crippen LogP contribution in [0.4, 0.5) is 0 Å². The summed E-state index contributed by atoms with van der Waals surface area (Å²) in [6.07, 6.45) is 0. The Kier molecular flexibility index (Phi) is 5.81. The smallest absolute Gasteiger partial charge is 0.279 e. The van der Waals surface area contributed by atoms with Gasteiger partial charge in [-0.05, 0) is 47.5 Å². The SMILES string of the molecule is Cn1c(-c2ccc(Cl)cc2)c(-c2ccccc2)sc1=NC(=O)c1ccc(Br)cc1. The maximum atomic E-state index is 12.7. The zero-order chi connectivity index (χ0) is 20.4. The summed E-state index contributed by atoms with van der Waals surface area (Å²) in [6, 6.07) is 25.0. The first-order valence-corrected chi connectivity index (χ1v) is 10.9. The van der Waals surface area contributed by atoms with Gasteiger partial charge in [0.1, 0.15) is 0 Å². The molecule has 0 aliphatic heterocycles. The molecule has 1 amide bonds. The summed E-state index contributed by atoms with van der Waals surface area (Å²) in [7, 11) is 1.93. The number of nitrogens with zero attached hydrogens (tertiary/aromatic N) is 2. The summed E-state index contributed by atoms with van der Waals surface area (Å²) < 4.78 is 2.89. The number of rotatable bonds is 3. The number of thiazole rings is 1. The van der Waals surface area contributed by atoms with E-state index in [1.165, 1.54) is 11.3 Å². The van der Waals surface area contributed by atoms with Crippen molar-refractivity contribution in [3.8, 4) is 21.7 Å². The number of carbonyl (C=O) groups excluding carboxylic acids is 1. The van der Waals surface area contributed by atoms with Crippen molar-refractivity contribution in [2.45, 2.75) is 0 Å². The van der Waals surface area contributed by atoms with E-state index in [2.05, 4.69) is 33.1 Å². The van der Waals surface area contributed by atoms with Gasteiger partial charge in [-0.1, -0.05) is 81.3 Å². The van der Waals surface area contributed by atoms with Crippen LogP contribution in [0.25, 0.3) is 21.7 Å². The molecule has 4 aromatic rings. The Labute approximate surface area is 186 Å². The monoisotopic (exact) mass is 482 g/mol. The van der Waals surface area contributed by atoms with Crippen LogP contribution in [0.3, 0.4) is 0 Å². The minimum Gasteiger partial charge on any atom is -0.319 e. The van der Waals surface area contributed by atoms with Gasteiger partial charge < -0.3 is 4.57 Å². The number of carbonyl (C=O) groups is 1. The minimum absolute atomic E-state index is 0.267. The van der Waals surface area contributed by atoms with E-state index in [1.807, 2.05) is 66.2 Å². The van der Waals surface area contributed by atoms with Gasteiger partial charge in [0.15, 0.2) is 4.80 Å². The zero-order valence-corrected chi connectivity index (χ0v) is 18.6. The highest BCUT2D eigenvalue weighted by Crippen LogP contribution is 2.34. The second-order valence-corrected chi connectivity index (χ2v) is 8.75. The van der Waals surface area contributed by atoms with E-state index in [4.69, 9.17) is 11.6 Å². The van der Waals surface area contributed by atoms with Gasteiger partial charge in [0.05, 0.1) is 10.6 Å². The molecule has 0 spiro atoms. The van der Waals surface area contributed by atoms with Gasteiger partial charge in [-0.25, -0.2) is 0 Å². The van der Waals surface area contributed by atoms with Gasteiger partial charge in [-0.3, -0.25) is 4.79 Å². The Hall–Kier alpha value is -2.47. The van der Waals surface area contributed by atoms with E-state index in [0.717, 1.165) is 26.2 Å². The van der Waals surface area contributed by atoms with E-state index >= 15 is 0 Å². The van der Waals surface area contributed by atoms with E-state index < -0.39 is 0 Å². The van der Waals surface area contributed by atoms with Gasteiger partial charge in [-0.15, -0.1) is 0 Å². The number of halogens is 2. The highest BCUT2D eigenvalue weighted by molar-refractivity contribution is 9.10. The minimum atomic E-state index is -0.267. The molecule has 0 radical (unpaired) electrons. The van der Waals surface area contributed by atoms with Gasteiger partial charge in [-0.2, -0.15) is 4.99 Å². The van der Waals surface area contributed by atoms with Gasteiger partial charge in [0.25, 0.3) is 5.91 Å². The first kappa shape index (κ1) is 19.8. The molecule has 3 aromatic carbocycles. The van der Waals surface area contributed by atoms with Crippen LogP contribution in [0.15, 0.2) is 88.3 Å². The summed E-state index contributed by atoms with van der Waals surface area (Å²) in [5.41, 5.74) is 3.65. The van der Waals surface area contributed by atoms with E-state index in [0.29, 0.717) is 15.4 Å². The molecule has 0 saturated carbocycles. The van der Waals surface area contributed by atoms with Crippen molar-refractivity contribution < 1.29 is 4.79 Å². The lowest BCUT2D eigenvalue weighted by Crippen LogP contribution is -2.14. The summed E-state index contributed by atoms with van der Waals surface area (Å²) >= 11 is 11.0. The molecule has 0 fully saturated rings. The lowest BCUT2D eigenvalue weighted by atomic mass is 10.1. The van der Waals surface area contributed by atoms with Crippen LogP contribution >= 0.6 is 38.9 Å². The molecular weight excluding hydrogens is 468 g/mol. The van der Waals surface area contributed by atoms with Crippen LogP contribution < -0.4 is 4.80 Å². The Balaban J connectivity index is 1.89. The Morgan fingerprint density at radius 1 is 0.931 bits per heavy atom. The molecular formula is C23H16BrClN2OS. The second kappa shape index (κ2) is 8.49. The van der Waals surface area contributed by atoms with Crippen molar-refractivity contribution in [3.63, 3.8) is 0 Å². The van der Waals surface area contributed by atoms with Crippen LogP contribution in [0.2, 0.25) is 5.02 Å². The van der Waals surface area contributed by atoms with Gasteiger partial charge >= 0.3 is 0 Å². The van der Waals surface area contributed by atoms with Crippen molar-refractivity contribution >= 4 is 44.8 Å². The fourth-order valence-corrected chi connectivity index (χ4v) is 4.55. The first-order chi connectivity index (χ1) is 14.0. The number of hydrogen-bond acceptors (Lipinski definition) is 2. The lowest BCUT2D eigenvalue weighted by Gasteiger charge is -2.07. The average molecular weight is 484 g/mol. The summed E-state index contributed by atoms with van der Waals surface area (Å²) in [5.74, 6) is -0.267. The quantitative estimate of drug-likeness (QED) is 0.324. The van der Waals surface area contributed by atoms with Crippen LogP contribution in [-0.2, 0) is 7.05 Å². The third-order valence-electron chi connectivity index (χ3n) is 4.47. The molecule has 0 unspecified atom stereocenters. The molecule has 4 rings (SSSR count). The lowest BCUT2D eigenvalue weighted by molar-refractivity contribution is 0.0998. The maximum absolute atomic E-state index is 12.7. The largest absolute Gasteiger partial charge is 0.319 e. The van der Waals surface area contributed by atoms with Crippen LogP contribution in [0, 0.1) is 0 Å². The zero-order valence-electron chi connectivity index (χ0n) is 15.5. The number of benzene rings is 3. The normalized spacial score (nSPS) is 11.6. The molecule has 0 bridgehead atoms. The van der Waals surface area contributed by atoms with E-state index in [9.17, 15) is 4.79 Å². The Morgan fingerprint density at radius 2 is 1.59 bits per heavy atom. The molecule has 1 heterocycles. The van der Waals surface area contributed by atoms with Crippen LogP contribution in [0.5, 0.6) is 0 Å². The standard InChI is InChI=1S/C23H16BrClN2OS/c1-27-20(15-9-13-19(25)14-10-15)21(16-5-3-2-4-6-16)29-23(27)26-22(28)17-7-11-18(24)12-8-17/h2-14H,1H3. The number of amides is 1. The molecule has 6 heteroatoms. The van der Waals surface area contributed by atoms with E-state index in [-0.39, 0.29) is 5.91 Å². The highest BCUT2D eigenvalue weighted by Gasteiger charge is 2.16. The van der Waals surface area contributed by atoms with Crippen LogP contribution in [-0.4, -0.2) is 10.5 Å². The molecule has 144 valence electrons. The first-order valence-electron chi connectivity index (χ1n) is 8.89. The Bertz CT molecular complexity index is 1230. The number of aromatic nitrogens is 1. The predicted molar refractivity (Wildman–Crippen MR) is 123 cm³/mol. The van der Waals surface area contributed by atoms with Crippen molar-refractivity contribution in [1.82, 2.24) is 4.57 Å². The predicted octanol–water partition coefficient (Wildman–Crippen LogP) is 6.58. The third-order valence-corrected chi connectivity index (χ3v) is 6.43. The van der Waals surface area contributed by atoms with Gasteiger partial charge in [0, 0.05) is 22.1 Å². The Morgan fingerprint density at radius 3 is 2.24 bits per heavy atom. The van der Waals surface area contributed by atoms with E-state index in [1.54, 1.807) is 12.1 Å². The summed E-state index contributed by atoms with van der Waals surface area (Å²) in [5, 5.41) is 0.684. The maximum Gasteiger partial charge on any atom is 0.279 e. The molecule has 0 N–H and O–H groups in total. The number of hydrogen-bond donors (Lipinski definition) is 0. The molecule has 0 atom stereocenters. The second-order valence-electron chi connectivity index (χ2n) is 6.42. The molecule has 3 nitrogen and oxygen atoms in total. The molecule has 29 heavy (non-hydrogen) atoms. The van der Waals surface area contributed by atoms with Crippen molar-refractivity contribution in [1.29, 1.82) is 0 Å². The van der Waals surface area contributed by atoms with Crippen molar-refractivity contribution in [3.05, 3.63) is 98.7 Å². The van der Waals surface area contributed by atoms with Crippen molar-refractivity contribution in [2.24, 2.45) is 12.0 Å². The molecule has 0 aliphatic rings. The van der Waals surface area contributed by atoms with Crippen molar-refractivity contribution in [2.75, 3.05) is 0 Å². The fourth-order valence-electron chi connectivity index (χ4n) is 3.02.